The molecule has 1 aliphatic rings. The molecule has 2 heterocycles. The van der Waals surface area contributed by atoms with Gasteiger partial charge in [-0.05, 0) is 68.2 Å². The Hall–Kier alpha value is -3.28. The molecule has 0 bridgehead atoms. The van der Waals surface area contributed by atoms with Gasteiger partial charge in [-0.25, -0.2) is 19.2 Å². The lowest BCUT2D eigenvalue weighted by Gasteiger charge is -2.36. The number of halogens is 1. The van der Waals surface area contributed by atoms with Crippen LogP contribution < -0.4 is 4.90 Å². The molecule has 3 aromatic rings. The second-order valence-electron chi connectivity index (χ2n) is 8.33. The van der Waals surface area contributed by atoms with Crippen LogP contribution in [0.1, 0.15) is 52.9 Å². The molecule has 2 aromatic carbocycles. The molecule has 32 heavy (non-hydrogen) atoms. The van der Waals surface area contributed by atoms with Gasteiger partial charge in [0.05, 0.1) is 11.3 Å². The van der Waals surface area contributed by atoms with Gasteiger partial charge in [0.25, 0.3) is 0 Å². The molecule has 1 aliphatic heterocycles. The average molecular weight is 434 g/mol. The van der Waals surface area contributed by atoms with E-state index in [-0.39, 0.29) is 11.4 Å². The number of carbonyl (C=O) groups is 1. The van der Waals surface area contributed by atoms with E-state index in [1.165, 1.54) is 30.3 Å². The first-order valence-corrected chi connectivity index (χ1v) is 11.2. The summed E-state index contributed by atoms with van der Waals surface area (Å²) in [4.78, 5) is 23.1. The number of carboxylic acid groups (broad SMARTS) is 1. The third-order valence-corrected chi connectivity index (χ3v) is 6.12. The van der Waals surface area contributed by atoms with E-state index in [2.05, 4.69) is 34.1 Å². The van der Waals surface area contributed by atoms with Gasteiger partial charge in [-0.15, -0.1) is 0 Å². The smallest absolute Gasteiger partial charge is 0.339 e. The van der Waals surface area contributed by atoms with Gasteiger partial charge < -0.3 is 10.0 Å². The van der Waals surface area contributed by atoms with Gasteiger partial charge in [-0.1, -0.05) is 42.5 Å². The Bertz CT molecular complexity index is 1060. The standard InChI is InChI=1S/C26H28FN3O2/c27-21-10-6-9-20(17-21)13-15-24-23(25(31)32)18-28-26(29-24)30-16-5-4-11-22(30)14-12-19-7-2-1-3-8-19/h1-3,6-10,17-18,22H,4-5,11-16H2,(H,31,32)/t22-/m0/s1. The first kappa shape index (κ1) is 21.9. The highest BCUT2D eigenvalue weighted by molar-refractivity contribution is 5.88. The number of benzene rings is 2. The van der Waals surface area contributed by atoms with E-state index in [1.54, 1.807) is 6.07 Å². The van der Waals surface area contributed by atoms with Gasteiger partial charge in [-0.2, -0.15) is 0 Å². The molecule has 0 radical (unpaired) electrons. The summed E-state index contributed by atoms with van der Waals surface area (Å²) in [5.74, 6) is -0.731. The predicted molar refractivity (Wildman–Crippen MR) is 123 cm³/mol. The van der Waals surface area contributed by atoms with Crippen LogP contribution in [0.4, 0.5) is 10.3 Å². The van der Waals surface area contributed by atoms with Gasteiger partial charge in [0.15, 0.2) is 0 Å². The van der Waals surface area contributed by atoms with Gasteiger partial charge in [-0.3, -0.25) is 0 Å². The van der Waals surface area contributed by atoms with Crippen molar-refractivity contribution in [3.8, 4) is 0 Å². The number of aryl methyl sites for hydroxylation is 3. The average Bonchev–Trinajstić information content (AvgIpc) is 2.82. The van der Waals surface area contributed by atoms with Crippen LogP contribution in [0.15, 0.2) is 60.8 Å². The van der Waals surface area contributed by atoms with Crippen LogP contribution >= 0.6 is 0 Å². The fourth-order valence-electron chi connectivity index (χ4n) is 4.41. The Morgan fingerprint density at radius 3 is 2.62 bits per heavy atom. The zero-order valence-electron chi connectivity index (χ0n) is 18.1. The number of aromatic nitrogens is 2. The minimum Gasteiger partial charge on any atom is -0.478 e. The SMILES string of the molecule is O=C(O)c1cnc(N2CCCC[C@H]2CCc2ccccc2)nc1CCc1cccc(F)c1. The molecule has 0 aliphatic carbocycles. The Morgan fingerprint density at radius 2 is 1.84 bits per heavy atom. The molecule has 1 atom stereocenters. The largest absolute Gasteiger partial charge is 0.478 e. The van der Waals surface area contributed by atoms with Crippen LogP contribution in [0.25, 0.3) is 0 Å². The van der Waals surface area contributed by atoms with Crippen molar-refractivity contribution in [1.29, 1.82) is 0 Å². The van der Waals surface area contributed by atoms with E-state index in [0.29, 0.717) is 30.5 Å². The minimum absolute atomic E-state index is 0.114. The Labute approximate surface area is 188 Å². The van der Waals surface area contributed by atoms with Crippen molar-refractivity contribution in [3.63, 3.8) is 0 Å². The molecule has 1 fully saturated rings. The maximum Gasteiger partial charge on any atom is 0.339 e. The highest BCUT2D eigenvalue weighted by Crippen LogP contribution is 2.26. The molecule has 0 saturated carbocycles. The van der Waals surface area contributed by atoms with E-state index >= 15 is 0 Å². The lowest BCUT2D eigenvalue weighted by molar-refractivity contribution is 0.0694. The molecule has 0 amide bonds. The summed E-state index contributed by atoms with van der Waals surface area (Å²) in [5, 5.41) is 9.62. The molecule has 1 N–H and O–H groups in total. The van der Waals surface area contributed by atoms with E-state index in [9.17, 15) is 14.3 Å². The molecule has 5 nitrogen and oxygen atoms in total. The highest BCUT2D eigenvalue weighted by Gasteiger charge is 2.26. The van der Waals surface area contributed by atoms with Crippen molar-refractivity contribution in [2.45, 2.75) is 51.0 Å². The third-order valence-electron chi connectivity index (χ3n) is 6.12. The van der Waals surface area contributed by atoms with Crippen molar-refractivity contribution >= 4 is 11.9 Å². The fraction of sp³-hybridized carbons (Fsp3) is 0.346. The lowest BCUT2D eigenvalue weighted by atomic mass is 9.96. The molecule has 6 heteroatoms. The number of piperidine rings is 1. The number of anilines is 1. The zero-order chi connectivity index (χ0) is 22.3. The topological polar surface area (TPSA) is 66.3 Å². The van der Waals surface area contributed by atoms with Gasteiger partial charge in [0.1, 0.15) is 5.82 Å². The van der Waals surface area contributed by atoms with Crippen LogP contribution in [-0.4, -0.2) is 33.6 Å². The van der Waals surface area contributed by atoms with Crippen LogP contribution in [0.2, 0.25) is 0 Å². The normalized spacial score (nSPS) is 16.2. The van der Waals surface area contributed by atoms with Gasteiger partial charge in [0.2, 0.25) is 5.95 Å². The summed E-state index contributed by atoms with van der Waals surface area (Å²) in [7, 11) is 0. The van der Waals surface area contributed by atoms with E-state index in [4.69, 9.17) is 4.98 Å². The summed E-state index contributed by atoms with van der Waals surface area (Å²) >= 11 is 0. The molecule has 0 spiro atoms. The van der Waals surface area contributed by atoms with Crippen molar-refractivity contribution in [1.82, 2.24) is 9.97 Å². The van der Waals surface area contributed by atoms with Crippen LogP contribution in [0.3, 0.4) is 0 Å². The quantitative estimate of drug-likeness (QED) is 0.536. The maximum atomic E-state index is 13.5. The maximum absolute atomic E-state index is 13.5. The van der Waals surface area contributed by atoms with Crippen LogP contribution in [0.5, 0.6) is 0 Å². The van der Waals surface area contributed by atoms with E-state index in [1.807, 2.05) is 12.1 Å². The monoisotopic (exact) mass is 433 g/mol. The number of nitrogens with zero attached hydrogens (tertiary/aromatic N) is 3. The molecule has 1 saturated heterocycles. The van der Waals surface area contributed by atoms with Gasteiger partial charge >= 0.3 is 5.97 Å². The molecule has 0 unspecified atom stereocenters. The van der Waals surface area contributed by atoms with Gasteiger partial charge in [0, 0.05) is 18.8 Å². The number of rotatable bonds is 8. The minimum atomic E-state index is -1.04. The summed E-state index contributed by atoms with van der Waals surface area (Å²) in [6.07, 6.45) is 7.69. The van der Waals surface area contributed by atoms with Crippen molar-refractivity contribution in [3.05, 3.63) is 89.0 Å². The molecular weight excluding hydrogens is 405 g/mol. The summed E-state index contributed by atoms with van der Waals surface area (Å²) in [5.41, 5.74) is 2.75. The second-order valence-corrected chi connectivity index (χ2v) is 8.33. The fourth-order valence-corrected chi connectivity index (χ4v) is 4.41. The number of aromatic carboxylic acids is 1. The molecule has 4 rings (SSSR count). The molecule has 1 aromatic heterocycles. The lowest BCUT2D eigenvalue weighted by Crippen LogP contribution is -2.41. The van der Waals surface area contributed by atoms with Crippen molar-refractivity contribution in [2.75, 3.05) is 11.4 Å². The Morgan fingerprint density at radius 1 is 1.03 bits per heavy atom. The molecular formula is C26H28FN3O2. The first-order valence-electron chi connectivity index (χ1n) is 11.2. The highest BCUT2D eigenvalue weighted by atomic mass is 19.1. The number of carboxylic acids is 1. The summed E-state index contributed by atoms with van der Waals surface area (Å²) in [6, 6.07) is 17.2. The molecule has 166 valence electrons. The summed E-state index contributed by atoms with van der Waals surface area (Å²) < 4.78 is 13.5. The van der Waals surface area contributed by atoms with Crippen LogP contribution in [-0.2, 0) is 19.3 Å². The van der Waals surface area contributed by atoms with Crippen molar-refractivity contribution < 1.29 is 14.3 Å². The predicted octanol–water partition coefficient (Wildman–Crippen LogP) is 5.09. The van der Waals surface area contributed by atoms with E-state index < -0.39 is 5.97 Å². The number of hydrogen-bond donors (Lipinski definition) is 1. The summed E-state index contributed by atoms with van der Waals surface area (Å²) in [6.45, 7) is 0.870. The second kappa shape index (κ2) is 10.4. The van der Waals surface area contributed by atoms with Crippen molar-refractivity contribution in [2.24, 2.45) is 0 Å². The Balaban J connectivity index is 1.53. The third kappa shape index (κ3) is 5.49. The zero-order valence-corrected chi connectivity index (χ0v) is 18.1. The Kier molecular flexibility index (Phi) is 7.10. The number of hydrogen-bond acceptors (Lipinski definition) is 4. The van der Waals surface area contributed by atoms with Crippen LogP contribution in [0, 0.1) is 5.82 Å². The first-order chi connectivity index (χ1) is 15.6. The van der Waals surface area contributed by atoms with E-state index in [0.717, 1.165) is 37.8 Å².